The zero-order chi connectivity index (χ0) is 30.1. The fraction of sp³-hybridized carbons (Fsp3) is 0.156. The van der Waals surface area contributed by atoms with Crippen LogP contribution >= 0.6 is 0 Å². The molecule has 5 aromatic rings. The van der Waals surface area contributed by atoms with Gasteiger partial charge in [-0.05, 0) is 38.1 Å². The summed E-state index contributed by atoms with van der Waals surface area (Å²) in [5.74, 6) is 6.04. The summed E-state index contributed by atoms with van der Waals surface area (Å²) in [7, 11) is 1.85. The summed E-state index contributed by atoms with van der Waals surface area (Å²) in [6.07, 6.45) is 7.50. The lowest BCUT2D eigenvalue weighted by Crippen LogP contribution is -2.34. The standard InChI is InChI=1S/C32H27N9O2/c1-19(37-31(42)28-29(33)35-18-26(38-28)24-13-8-16-34-24)30-39-25-12-7-9-21(14-15-22-17-36-40(3)20(22)2)27(25)32(43)41(30)23-10-5-4-6-11-23/h4-7,9-13,16-19H,8H2,1-3H3,(H2,33,35)(H,37,42)/t19-/m1/s1. The number of allylic oxidation sites excluding steroid dienone is 1. The number of nitrogens with zero attached hydrogens (tertiary/aromatic N) is 7. The van der Waals surface area contributed by atoms with Crippen LogP contribution in [0.3, 0.4) is 0 Å². The molecule has 2 aromatic carbocycles. The number of hydrogen-bond donors (Lipinski definition) is 2. The Kier molecular flexibility index (Phi) is 7.09. The molecule has 0 spiro atoms. The summed E-state index contributed by atoms with van der Waals surface area (Å²) in [5, 5.41) is 7.52. The molecule has 11 nitrogen and oxygen atoms in total. The van der Waals surface area contributed by atoms with Gasteiger partial charge in [-0.3, -0.25) is 23.8 Å². The third-order valence-electron chi connectivity index (χ3n) is 7.17. The second kappa shape index (κ2) is 11.2. The number of para-hydroxylation sites is 1. The van der Waals surface area contributed by atoms with Crippen molar-refractivity contribution in [2.45, 2.75) is 26.3 Å². The van der Waals surface area contributed by atoms with E-state index in [-0.39, 0.29) is 17.1 Å². The van der Waals surface area contributed by atoms with Crippen LogP contribution in [0.1, 0.15) is 58.2 Å². The van der Waals surface area contributed by atoms with Gasteiger partial charge in [0.15, 0.2) is 11.5 Å². The quantitative estimate of drug-likeness (QED) is 0.308. The van der Waals surface area contributed by atoms with Crippen LogP contribution in [-0.2, 0) is 7.05 Å². The molecule has 1 aliphatic heterocycles. The van der Waals surface area contributed by atoms with Crippen molar-refractivity contribution >= 4 is 34.5 Å². The van der Waals surface area contributed by atoms with Gasteiger partial charge < -0.3 is 11.1 Å². The molecule has 0 bridgehead atoms. The van der Waals surface area contributed by atoms with E-state index < -0.39 is 11.9 Å². The molecule has 43 heavy (non-hydrogen) atoms. The number of rotatable bonds is 5. The third-order valence-corrected chi connectivity index (χ3v) is 7.17. The molecule has 1 atom stereocenters. The first-order valence-electron chi connectivity index (χ1n) is 13.6. The van der Waals surface area contributed by atoms with Crippen LogP contribution in [0.5, 0.6) is 0 Å². The number of nitrogens with two attached hydrogens (primary N) is 1. The number of nitrogens with one attached hydrogen (secondary N) is 1. The van der Waals surface area contributed by atoms with E-state index in [0.29, 0.717) is 45.8 Å². The summed E-state index contributed by atoms with van der Waals surface area (Å²) in [5.41, 5.74) is 10.0. The number of aromatic nitrogens is 6. The molecule has 3 N–H and O–H groups in total. The molecule has 4 heterocycles. The number of benzene rings is 2. The molecule has 6 rings (SSSR count). The highest BCUT2D eigenvalue weighted by Gasteiger charge is 2.23. The van der Waals surface area contributed by atoms with Gasteiger partial charge in [-0.2, -0.15) is 5.10 Å². The number of hydrogen-bond acceptors (Lipinski definition) is 8. The zero-order valence-corrected chi connectivity index (χ0v) is 23.7. The Labute approximate surface area is 246 Å². The topological polar surface area (TPSA) is 146 Å². The van der Waals surface area contributed by atoms with Crippen molar-refractivity contribution < 1.29 is 4.79 Å². The van der Waals surface area contributed by atoms with Gasteiger partial charge in [0.25, 0.3) is 11.5 Å². The molecule has 3 aromatic heterocycles. The van der Waals surface area contributed by atoms with Crippen LogP contribution in [-0.4, -0.2) is 41.4 Å². The SMILES string of the molecule is Cc1c(C#Cc2cccc3nc([C@@H](C)NC(=O)c4nc(C5=CCC=N5)cnc4N)n(-c4ccccc4)c(=O)c23)cnn1C. The van der Waals surface area contributed by atoms with E-state index in [0.717, 1.165) is 11.3 Å². The molecule has 0 saturated heterocycles. The van der Waals surface area contributed by atoms with Gasteiger partial charge in [-0.1, -0.05) is 42.2 Å². The number of amides is 1. The van der Waals surface area contributed by atoms with Gasteiger partial charge in [-0.15, -0.1) is 0 Å². The van der Waals surface area contributed by atoms with Crippen LogP contribution in [0.15, 0.2) is 76.8 Å². The highest BCUT2D eigenvalue weighted by molar-refractivity contribution is 5.97. The minimum Gasteiger partial charge on any atom is -0.382 e. The Morgan fingerprint density at radius 1 is 1.05 bits per heavy atom. The van der Waals surface area contributed by atoms with E-state index in [4.69, 9.17) is 10.7 Å². The largest absolute Gasteiger partial charge is 0.382 e. The van der Waals surface area contributed by atoms with Gasteiger partial charge in [0.05, 0.1) is 52.0 Å². The molecule has 212 valence electrons. The van der Waals surface area contributed by atoms with Gasteiger partial charge in [0, 0.05) is 25.2 Å². The molecule has 0 unspecified atom stereocenters. The molecular weight excluding hydrogens is 542 g/mol. The molecule has 1 amide bonds. The lowest BCUT2D eigenvalue weighted by atomic mass is 10.1. The summed E-state index contributed by atoms with van der Waals surface area (Å²) >= 11 is 0. The highest BCUT2D eigenvalue weighted by Crippen LogP contribution is 2.22. The Morgan fingerprint density at radius 2 is 1.84 bits per heavy atom. The predicted molar refractivity (Wildman–Crippen MR) is 165 cm³/mol. The van der Waals surface area contributed by atoms with Crippen LogP contribution in [0, 0.1) is 18.8 Å². The van der Waals surface area contributed by atoms with Gasteiger partial charge >= 0.3 is 0 Å². The lowest BCUT2D eigenvalue weighted by molar-refractivity contribution is 0.0933. The highest BCUT2D eigenvalue weighted by atomic mass is 16.2. The first-order chi connectivity index (χ1) is 20.8. The number of carbonyl (C=O) groups excluding carboxylic acids is 1. The van der Waals surface area contributed by atoms with E-state index in [1.54, 1.807) is 42.2 Å². The van der Waals surface area contributed by atoms with Crippen LogP contribution in [0.2, 0.25) is 0 Å². The Morgan fingerprint density at radius 3 is 2.56 bits per heavy atom. The molecule has 11 heteroatoms. The number of fused-ring (bicyclic) bond motifs is 1. The van der Waals surface area contributed by atoms with Crippen molar-refractivity contribution in [3.8, 4) is 17.5 Å². The Hall–Kier alpha value is -5.89. The fourth-order valence-corrected chi connectivity index (χ4v) is 4.78. The van der Waals surface area contributed by atoms with E-state index in [1.807, 2.05) is 50.4 Å². The van der Waals surface area contributed by atoms with Crippen molar-refractivity contribution in [1.29, 1.82) is 0 Å². The second-order valence-electron chi connectivity index (χ2n) is 9.98. The number of nitrogen functional groups attached to an aromatic ring is 1. The first kappa shape index (κ1) is 27.3. The average molecular weight is 570 g/mol. The Bertz CT molecular complexity index is 2080. The molecule has 1 aliphatic rings. The first-order valence-corrected chi connectivity index (χ1v) is 13.6. The molecule has 0 radical (unpaired) electrons. The third kappa shape index (κ3) is 5.17. The number of anilines is 1. The van der Waals surface area contributed by atoms with Crippen LogP contribution in [0.25, 0.3) is 22.3 Å². The summed E-state index contributed by atoms with van der Waals surface area (Å²) in [6.45, 7) is 3.68. The monoisotopic (exact) mass is 569 g/mol. The van der Waals surface area contributed by atoms with Gasteiger partial charge in [0.2, 0.25) is 0 Å². The number of aliphatic imine (C=N–C) groups is 1. The van der Waals surface area contributed by atoms with E-state index in [1.165, 1.54) is 10.8 Å². The van der Waals surface area contributed by atoms with Crippen molar-refractivity contribution in [2.75, 3.05) is 5.73 Å². The lowest BCUT2D eigenvalue weighted by Gasteiger charge is -2.20. The summed E-state index contributed by atoms with van der Waals surface area (Å²) < 4.78 is 3.24. The van der Waals surface area contributed by atoms with Crippen molar-refractivity contribution in [3.63, 3.8) is 0 Å². The molecule has 0 saturated carbocycles. The predicted octanol–water partition coefficient (Wildman–Crippen LogP) is 3.51. The number of aryl methyl sites for hydroxylation is 1. The Balaban J connectivity index is 1.44. The second-order valence-corrected chi connectivity index (χ2v) is 9.98. The molecular formula is C32H27N9O2. The van der Waals surface area contributed by atoms with Gasteiger partial charge in [0.1, 0.15) is 11.5 Å². The summed E-state index contributed by atoms with van der Waals surface area (Å²) in [6, 6.07) is 13.8. The normalized spacial score (nSPS) is 13.0. The maximum Gasteiger partial charge on any atom is 0.274 e. The van der Waals surface area contributed by atoms with Gasteiger partial charge in [-0.25, -0.2) is 15.0 Å². The van der Waals surface area contributed by atoms with Crippen LogP contribution < -0.4 is 16.6 Å². The van der Waals surface area contributed by atoms with Crippen molar-refractivity contribution in [3.05, 3.63) is 111 Å². The molecule has 0 aliphatic carbocycles. The minimum atomic E-state index is -0.717. The average Bonchev–Trinajstić information content (AvgIpc) is 3.66. The maximum atomic E-state index is 14.2. The van der Waals surface area contributed by atoms with E-state index >= 15 is 0 Å². The van der Waals surface area contributed by atoms with Crippen LogP contribution in [0.4, 0.5) is 5.82 Å². The zero-order valence-electron chi connectivity index (χ0n) is 23.7. The number of carbonyl (C=O) groups is 1. The fourth-order valence-electron chi connectivity index (χ4n) is 4.78. The van der Waals surface area contributed by atoms with Crippen molar-refractivity contribution in [1.82, 2.24) is 34.6 Å². The maximum absolute atomic E-state index is 14.2. The smallest absolute Gasteiger partial charge is 0.274 e. The van der Waals surface area contributed by atoms with E-state index in [9.17, 15) is 9.59 Å². The van der Waals surface area contributed by atoms with Crippen molar-refractivity contribution in [2.24, 2.45) is 12.0 Å². The van der Waals surface area contributed by atoms with E-state index in [2.05, 4.69) is 37.2 Å². The summed E-state index contributed by atoms with van der Waals surface area (Å²) in [4.78, 5) is 45.4. The minimum absolute atomic E-state index is 0.0185. The molecule has 0 fully saturated rings.